The molecule has 1 N–H and O–H groups in total. The molecule has 1 unspecified atom stereocenters. The molecule has 1 amide bonds. The molecule has 1 aromatic heterocycles. The highest BCUT2D eigenvalue weighted by Crippen LogP contribution is 2.25. The molecule has 7 nitrogen and oxygen atoms in total. The lowest BCUT2D eigenvalue weighted by Gasteiger charge is -2.30. The molecule has 2 heterocycles. The van der Waals surface area contributed by atoms with Crippen molar-refractivity contribution < 1.29 is 14.1 Å². The van der Waals surface area contributed by atoms with Crippen molar-refractivity contribution in [2.24, 2.45) is 5.92 Å². The van der Waals surface area contributed by atoms with Gasteiger partial charge in [-0.25, -0.2) is 0 Å². The van der Waals surface area contributed by atoms with Crippen LogP contribution in [0.15, 0.2) is 53.1 Å². The Morgan fingerprint density at radius 1 is 1.24 bits per heavy atom. The summed E-state index contributed by atoms with van der Waals surface area (Å²) in [5.74, 6) is 2.01. The highest BCUT2D eigenvalue weighted by molar-refractivity contribution is 6.33. The molecule has 8 heteroatoms. The lowest BCUT2D eigenvalue weighted by molar-refractivity contribution is -0.126. The number of nitrogens with one attached hydrogen (secondary N) is 1. The van der Waals surface area contributed by atoms with Crippen LogP contribution < -0.4 is 10.1 Å². The smallest absolute Gasteiger partial charge is 0.241 e. The maximum atomic E-state index is 12.7. The van der Waals surface area contributed by atoms with Crippen LogP contribution in [0, 0.1) is 5.92 Å². The largest absolute Gasteiger partial charge is 0.494 e. The Hall–Kier alpha value is -2.90. The summed E-state index contributed by atoms with van der Waals surface area (Å²) in [6, 6.07) is 15.6. The standard InChI is InChI=1S/C26H31ClN4O3/c1-2-33-21-13-11-19(12-14-21)7-5-15-28-26(32)20-8-6-16-31(17-20)18-24-29-25(30-34-24)22-9-3-4-10-23(22)27/h3-4,9-14,20H,2,5-8,15-18H2,1H3,(H,28,32). The number of piperidine rings is 1. The number of ether oxygens (including phenoxy) is 1. The number of hydrogen-bond donors (Lipinski definition) is 1. The van der Waals surface area contributed by atoms with Crippen LogP contribution in [0.5, 0.6) is 5.75 Å². The second-order valence-corrected chi connectivity index (χ2v) is 8.94. The van der Waals surface area contributed by atoms with E-state index in [0.717, 1.165) is 43.5 Å². The molecule has 4 rings (SSSR count). The first-order valence-electron chi connectivity index (χ1n) is 11.9. The van der Waals surface area contributed by atoms with Crippen molar-refractivity contribution in [1.29, 1.82) is 0 Å². The van der Waals surface area contributed by atoms with Gasteiger partial charge in [0.05, 0.1) is 24.1 Å². The van der Waals surface area contributed by atoms with E-state index >= 15 is 0 Å². The van der Waals surface area contributed by atoms with Gasteiger partial charge in [-0.1, -0.05) is 41.0 Å². The maximum absolute atomic E-state index is 12.7. The summed E-state index contributed by atoms with van der Waals surface area (Å²) in [4.78, 5) is 19.4. The average Bonchev–Trinajstić information content (AvgIpc) is 3.31. The number of likely N-dealkylation sites (tertiary alicyclic amines) is 1. The van der Waals surface area contributed by atoms with Gasteiger partial charge in [0, 0.05) is 18.7 Å². The van der Waals surface area contributed by atoms with Crippen molar-refractivity contribution in [3.8, 4) is 17.1 Å². The molecule has 0 spiro atoms. The van der Waals surface area contributed by atoms with Gasteiger partial charge in [-0.05, 0) is 69.0 Å². The van der Waals surface area contributed by atoms with Gasteiger partial charge in [-0.3, -0.25) is 9.69 Å². The molecule has 1 atom stereocenters. The fourth-order valence-electron chi connectivity index (χ4n) is 4.24. The van der Waals surface area contributed by atoms with Crippen molar-refractivity contribution >= 4 is 17.5 Å². The topological polar surface area (TPSA) is 80.5 Å². The minimum Gasteiger partial charge on any atom is -0.494 e. The summed E-state index contributed by atoms with van der Waals surface area (Å²) in [7, 11) is 0. The molecule has 0 radical (unpaired) electrons. The third-order valence-electron chi connectivity index (χ3n) is 5.99. The molecule has 34 heavy (non-hydrogen) atoms. The Balaban J connectivity index is 1.21. The number of hydrogen-bond acceptors (Lipinski definition) is 6. The zero-order valence-electron chi connectivity index (χ0n) is 19.5. The fraction of sp³-hybridized carbons (Fsp3) is 0.423. The number of carbonyl (C=O) groups excluding carboxylic acids is 1. The minimum atomic E-state index is -0.0230. The van der Waals surface area contributed by atoms with Gasteiger partial charge in [0.15, 0.2) is 0 Å². The summed E-state index contributed by atoms with van der Waals surface area (Å²) < 4.78 is 10.9. The molecule has 1 fully saturated rings. The number of aryl methyl sites for hydroxylation is 1. The molecule has 1 aliphatic rings. The molecule has 1 aliphatic heterocycles. The summed E-state index contributed by atoms with van der Waals surface area (Å²) in [5.41, 5.74) is 2.00. The number of halogens is 1. The zero-order chi connectivity index (χ0) is 23.8. The quantitative estimate of drug-likeness (QED) is 0.420. The second-order valence-electron chi connectivity index (χ2n) is 8.54. The number of benzene rings is 2. The van der Waals surface area contributed by atoms with Crippen molar-refractivity contribution in [3.63, 3.8) is 0 Å². The van der Waals surface area contributed by atoms with Crippen LogP contribution in [0.4, 0.5) is 0 Å². The Kier molecular flexibility index (Phi) is 8.55. The lowest BCUT2D eigenvalue weighted by atomic mass is 9.97. The Morgan fingerprint density at radius 2 is 2.06 bits per heavy atom. The van der Waals surface area contributed by atoms with Crippen LogP contribution in [0.25, 0.3) is 11.4 Å². The minimum absolute atomic E-state index is 0.0230. The molecule has 180 valence electrons. The van der Waals surface area contributed by atoms with E-state index in [2.05, 4.69) is 32.5 Å². The highest BCUT2D eigenvalue weighted by atomic mass is 35.5. The Bertz CT molecular complexity index is 1070. The monoisotopic (exact) mass is 482 g/mol. The van der Waals surface area contributed by atoms with Crippen molar-refractivity contribution in [1.82, 2.24) is 20.4 Å². The lowest BCUT2D eigenvalue weighted by Crippen LogP contribution is -2.43. The van der Waals surface area contributed by atoms with Crippen LogP contribution in [0.3, 0.4) is 0 Å². The Labute approximate surface area is 205 Å². The van der Waals surface area contributed by atoms with E-state index in [1.165, 1.54) is 5.56 Å². The van der Waals surface area contributed by atoms with Crippen LogP contribution in [0.1, 0.15) is 37.6 Å². The SMILES string of the molecule is CCOc1ccc(CCCNC(=O)C2CCCN(Cc3nc(-c4ccccc4Cl)no3)C2)cc1. The van der Waals surface area contributed by atoms with Crippen molar-refractivity contribution in [3.05, 3.63) is 65.0 Å². The number of carbonyl (C=O) groups is 1. The average molecular weight is 483 g/mol. The zero-order valence-corrected chi connectivity index (χ0v) is 20.3. The van der Waals surface area contributed by atoms with Gasteiger partial charge in [0.2, 0.25) is 17.6 Å². The molecule has 2 aromatic carbocycles. The second kappa shape index (κ2) is 12.0. The van der Waals surface area contributed by atoms with E-state index < -0.39 is 0 Å². The first-order valence-corrected chi connectivity index (χ1v) is 12.3. The number of amides is 1. The summed E-state index contributed by atoms with van der Waals surface area (Å²) in [6.45, 7) is 5.44. The van der Waals surface area contributed by atoms with E-state index in [4.69, 9.17) is 20.9 Å². The molecule has 0 aliphatic carbocycles. The van der Waals surface area contributed by atoms with Gasteiger partial charge in [-0.2, -0.15) is 4.98 Å². The van der Waals surface area contributed by atoms with Gasteiger partial charge in [0.1, 0.15) is 5.75 Å². The normalized spacial score (nSPS) is 16.4. The van der Waals surface area contributed by atoms with Crippen molar-refractivity contribution in [2.75, 3.05) is 26.2 Å². The predicted octanol–water partition coefficient (Wildman–Crippen LogP) is 4.75. The highest BCUT2D eigenvalue weighted by Gasteiger charge is 2.26. The first kappa shape index (κ1) is 24.2. The Morgan fingerprint density at radius 3 is 2.85 bits per heavy atom. The molecule has 0 bridgehead atoms. The predicted molar refractivity (Wildman–Crippen MR) is 132 cm³/mol. The van der Waals surface area contributed by atoms with E-state index in [1.807, 2.05) is 37.3 Å². The summed E-state index contributed by atoms with van der Waals surface area (Å²) >= 11 is 6.24. The molecule has 3 aromatic rings. The molecular weight excluding hydrogens is 452 g/mol. The third-order valence-corrected chi connectivity index (χ3v) is 6.32. The summed E-state index contributed by atoms with van der Waals surface area (Å²) in [6.07, 6.45) is 3.70. The van der Waals surface area contributed by atoms with E-state index in [1.54, 1.807) is 6.07 Å². The third kappa shape index (κ3) is 6.58. The maximum Gasteiger partial charge on any atom is 0.241 e. The van der Waals surface area contributed by atoms with Crippen molar-refractivity contribution in [2.45, 2.75) is 39.2 Å². The van der Waals surface area contributed by atoms with Gasteiger partial charge in [0.25, 0.3) is 0 Å². The van der Waals surface area contributed by atoms with Gasteiger partial charge >= 0.3 is 0 Å². The summed E-state index contributed by atoms with van der Waals surface area (Å²) in [5, 5.41) is 7.78. The van der Waals surface area contributed by atoms with E-state index in [9.17, 15) is 4.79 Å². The molecule has 0 saturated carbocycles. The van der Waals surface area contributed by atoms with Crippen LogP contribution in [0.2, 0.25) is 5.02 Å². The molecule has 1 saturated heterocycles. The van der Waals surface area contributed by atoms with Gasteiger partial charge in [-0.15, -0.1) is 0 Å². The van der Waals surface area contributed by atoms with Crippen LogP contribution in [-0.2, 0) is 17.8 Å². The van der Waals surface area contributed by atoms with Gasteiger partial charge < -0.3 is 14.6 Å². The van der Waals surface area contributed by atoms with Crippen LogP contribution >= 0.6 is 11.6 Å². The van der Waals surface area contributed by atoms with E-state index in [-0.39, 0.29) is 11.8 Å². The van der Waals surface area contributed by atoms with E-state index in [0.29, 0.717) is 43.0 Å². The number of nitrogens with zero attached hydrogens (tertiary/aromatic N) is 3. The first-order chi connectivity index (χ1) is 16.6. The molecular formula is C26H31ClN4O3. The number of rotatable bonds is 10. The number of aromatic nitrogens is 2. The van der Waals surface area contributed by atoms with Crippen LogP contribution in [-0.4, -0.2) is 47.2 Å². The fourth-order valence-corrected chi connectivity index (χ4v) is 4.46.